The first-order valence-electron chi connectivity index (χ1n) is 10.7. The van der Waals surface area contributed by atoms with Gasteiger partial charge in [0.2, 0.25) is 5.78 Å². The molecule has 174 valence electrons. The van der Waals surface area contributed by atoms with Crippen molar-refractivity contribution >= 4 is 49.8 Å². The number of thiazole rings is 1. The first-order valence-corrected chi connectivity index (χ1v) is 11.6. The summed E-state index contributed by atoms with van der Waals surface area (Å²) in [6, 6.07) is 15.9. The van der Waals surface area contributed by atoms with Gasteiger partial charge in [-0.2, -0.15) is 0 Å². The minimum atomic E-state index is -1.61. The number of aromatic nitrogens is 1. The largest absolute Gasteiger partial charge is 0.485 e. The second kappa shape index (κ2) is 9.30. The smallest absolute Gasteiger partial charge is 0.315 e. The summed E-state index contributed by atoms with van der Waals surface area (Å²) in [4.78, 5) is 29.7. The fourth-order valence-corrected chi connectivity index (χ4v) is 4.56. The Morgan fingerprint density at radius 1 is 1.18 bits per heavy atom. The molecule has 1 aromatic heterocycles. The summed E-state index contributed by atoms with van der Waals surface area (Å²) in [5.74, 6) is -1.64. The molecule has 1 atom stereocenters. The van der Waals surface area contributed by atoms with Crippen molar-refractivity contribution in [1.82, 2.24) is 4.98 Å². The first kappa shape index (κ1) is 23.5. The van der Waals surface area contributed by atoms with Crippen LogP contribution >= 0.6 is 11.3 Å². The van der Waals surface area contributed by atoms with Crippen molar-refractivity contribution < 1.29 is 23.8 Å². The molecule has 0 spiro atoms. The van der Waals surface area contributed by atoms with E-state index in [4.69, 9.17) is 10.1 Å². The molecule has 2 N–H and O–H groups in total. The predicted molar refractivity (Wildman–Crippen MR) is 131 cm³/mol. The number of carboxylic acid groups (broad SMARTS) is 1. The number of hydrogen-bond donors (Lipinski definition) is 2. The van der Waals surface area contributed by atoms with Gasteiger partial charge in [0.25, 0.3) is 0 Å². The van der Waals surface area contributed by atoms with E-state index in [1.54, 1.807) is 31.2 Å². The van der Waals surface area contributed by atoms with Crippen LogP contribution in [0.15, 0.2) is 54.6 Å². The molecule has 0 fully saturated rings. The minimum Gasteiger partial charge on any atom is -0.485 e. The number of ether oxygens (including phenoxy) is 1. The van der Waals surface area contributed by atoms with Crippen molar-refractivity contribution in [2.75, 3.05) is 0 Å². The van der Waals surface area contributed by atoms with Gasteiger partial charge in [-0.1, -0.05) is 43.3 Å². The summed E-state index contributed by atoms with van der Waals surface area (Å²) in [5.41, 5.74) is -0.758. The van der Waals surface area contributed by atoms with Gasteiger partial charge >= 0.3 is 5.97 Å². The Morgan fingerprint density at radius 3 is 2.65 bits per heavy atom. The van der Waals surface area contributed by atoms with Crippen LogP contribution in [0.4, 0.5) is 4.39 Å². The summed E-state index contributed by atoms with van der Waals surface area (Å²) in [6.45, 7) is 2.51. The number of alkyl halides is 1. The van der Waals surface area contributed by atoms with Crippen LogP contribution in [0.1, 0.15) is 41.2 Å². The summed E-state index contributed by atoms with van der Waals surface area (Å²) >= 11 is 1.41. The Kier molecular flexibility index (Phi) is 6.43. The van der Waals surface area contributed by atoms with Gasteiger partial charge in [-0.05, 0) is 42.5 Å². The molecule has 0 aliphatic carbocycles. The molecule has 0 saturated carbocycles. The van der Waals surface area contributed by atoms with Crippen LogP contribution in [0, 0.1) is 10.8 Å². The predicted octanol–water partition coefficient (Wildman–Crippen LogP) is 6.20. The van der Waals surface area contributed by atoms with Crippen LogP contribution in [-0.2, 0) is 18.1 Å². The highest BCUT2D eigenvalue weighted by atomic mass is 32.1. The molecule has 4 aromatic rings. The fraction of sp³-hybridized carbons (Fsp3) is 0.231. The average Bonchev–Trinajstić information content (AvgIpc) is 3.27. The molecule has 0 amide bonds. The molecule has 4 rings (SSSR count). The van der Waals surface area contributed by atoms with E-state index in [1.807, 2.05) is 30.3 Å². The Labute approximate surface area is 199 Å². The molecule has 1 unspecified atom stereocenters. The van der Waals surface area contributed by atoms with E-state index in [0.717, 1.165) is 10.1 Å². The summed E-state index contributed by atoms with van der Waals surface area (Å²) in [5, 5.41) is 20.2. The van der Waals surface area contributed by atoms with E-state index in [1.165, 1.54) is 18.3 Å². The van der Waals surface area contributed by atoms with Crippen LogP contribution in [-0.4, -0.2) is 27.6 Å². The molecule has 34 heavy (non-hydrogen) atoms. The van der Waals surface area contributed by atoms with E-state index in [2.05, 4.69) is 4.98 Å². The normalized spacial score (nSPS) is 13.0. The topological polar surface area (TPSA) is 100 Å². The minimum absolute atomic E-state index is 0.0654. The number of nitrogens with one attached hydrogen (secondary N) is 1. The first-order chi connectivity index (χ1) is 16.3. The number of fused-ring (bicyclic) bond motifs is 2. The van der Waals surface area contributed by atoms with Crippen molar-refractivity contribution in [3.05, 3.63) is 70.7 Å². The fourth-order valence-electron chi connectivity index (χ4n) is 3.70. The van der Waals surface area contributed by atoms with E-state index < -0.39 is 29.6 Å². The van der Waals surface area contributed by atoms with Crippen LogP contribution in [0.5, 0.6) is 5.75 Å². The number of hydrogen-bond acceptors (Lipinski definition) is 6. The van der Waals surface area contributed by atoms with Crippen LogP contribution in [0.25, 0.3) is 21.0 Å². The Bertz CT molecular complexity index is 1430. The third kappa shape index (κ3) is 4.17. The molecule has 0 aliphatic heterocycles. The van der Waals surface area contributed by atoms with Gasteiger partial charge in [0.05, 0.1) is 21.5 Å². The van der Waals surface area contributed by atoms with Gasteiger partial charge in [-0.3, -0.25) is 9.59 Å². The summed E-state index contributed by atoms with van der Waals surface area (Å²) < 4.78 is 20.0. The average molecular weight is 479 g/mol. The number of carbonyl (C=O) groups excluding carboxylic acids is 1. The van der Waals surface area contributed by atoms with Gasteiger partial charge in [0, 0.05) is 5.39 Å². The van der Waals surface area contributed by atoms with Crippen molar-refractivity contribution in [3.8, 4) is 5.75 Å². The number of ketones is 1. The molecule has 6 nitrogen and oxygen atoms in total. The molecule has 3 aromatic carbocycles. The van der Waals surface area contributed by atoms with Crippen molar-refractivity contribution in [1.29, 1.82) is 5.41 Å². The quantitative estimate of drug-likeness (QED) is 0.220. The van der Waals surface area contributed by atoms with E-state index >= 15 is 0 Å². The third-order valence-corrected chi connectivity index (χ3v) is 7.08. The van der Waals surface area contributed by atoms with Crippen molar-refractivity contribution in [2.24, 2.45) is 5.41 Å². The lowest BCUT2D eigenvalue weighted by Crippen LogP contribution is -2.40. The van der Waals surface area contributed by atoms with E-state index in [0.29, 0.717) is 21.5 Å². The number of aliphatic carboxylic acids is 1. The van der Waals surface area contributed by atoms with Gasteiger partial charge in [-0.25, -0.2) is 9.37 Å². The van der Waals surface area contributed by atoms with Gasteiger partial charge in [-0.15, -0.1) is 11.3 Å². The molecule has 1 heterocycles. The second-order valence-corrected chi connectivity index (χ2v) is 9.31. The summed E-state index contributed by atoms with van der Waals surface area (Å²) in [7, 11) is 0. The third-order valence-electron chi connectivity index (χ3n) is 6.07. The lowest BCUT2D eigenvalue weighted by atomic mass is 9.79. The number of nitrogens with zero attached hydrogens (tertiary/aromatic N) is 1. The number of halogens is 1. The van der Waals surface area contributed by atoms with Gasteiger partial charge in [0.15, 0.2) is 0 Å². The van der Waals surface area contributed by atoms with E-state index in [-0.39, 0.29) is 24.3 Å². The SMILES string of the molecule is CCC(C)(C(=N)C(=O)c1ccc2ccccc2c1OCc1nc2cc(CF)ccc2s1)C(=O)O. The molecule has 0 aliphatic rings. The summed E-state index contributed by atoms with van der Waals surface area (Å²) in [6.07, 6.45) is 0.100. The highest BCUT2D eigenvalue weighted by molar-refractivity contribution is 7.18. The Balaban J connectivity index is 1.73. The number of carboxylic acids is 1. The Morgan fingerprint density at radius 2 is 1.94 bits per heavy atom. The van der Waals surface area contributed by atoms with Crippen molar-refractivity contribution in [3.63, 3.8) is 0 Å². The maximum absolute atomic E-state index is 13.3. The number of rotatable bonds is 9. The van der Waals surface area contributed by atoms with E-state index in [9.17, 15) is 19.1 Å². The van der Waals surface area contributed by atoms with Crippen molar-refractivity contribution in [2.45, 2.75) is 33.5 Å². The molecule has 0 bridgehead atoms. The zero-order chi connectivity index (χ0) is 24.5. The second-order valence-electron chi connectivity index (χ2n) is 8.19. The van der Waals surface area contributed by atoms with Gasteiger partial charge in [0.1, 0.15) is 29.5 Å². The maximum atomic E-state index is 13.3. The Hall–Kier alpha value is -3.65. The van der Waals surface area contributed by atoms with Gasteiger partial charge < -0.3 is 15.3 Å². The molecule has 0 radical (unpaired) electrons. The number of benzene rings is 3. The van der Waals surface area contributed by atoms with Crippen LogP contribution < -0.4 is 4.74 Å². The number of carbonyl (C=O) groups is 2. The lowest BCUT2D eigenvalue weighted by molar-refractivity contribution is -0.144. The zero-order valence-electron chi connectivity index (χ0n) is 18.7. The number of Topliss-reactive ketones (excluding diaryl/α,β-unsaturated/α-hetero) is 1. The highest BCUT2D eigenvalue weighted by Gasteiger charge is 2.40. The molecular weight excluding hydrogens is 455 g/mol. The molecular formula is C26H23FN2O4S. The molecule has 8 heteroatoms. The lowest BCUT2D eigenvalue weighted by Gasteiger charge is -2.24. The van der Waals surface area contributed by atoms with Crippen LogP contribution in [0.3, 0.4) is 0 Å². The molecule has 0 saturated heterocycles. The highest BCUT2D eigenvalue weighted by Crippen LogP contribution is 2.34. The van der Waals surface area contributed by atoms with Crippen LogP contribution in [0.2, 0.25) is 0 Å². The zero-order valence-corrected chi connectivity index (χ0v) is 19.5. The maximum Gasteiger partial charge on any atom is 0.315 e. The monoisotopic (exact) mass is 478 g/mol. The standard InChI is InChI=1S/C26H23FN2O4S/c1-3-26(2,25(31)32)24(28)22(30)18-10-9-16-6-4-5-7-17(16)23(18)33-14-21-29-19-12-15(13-27)8-11-20(19)34-21/h4-12,28H,3,13-14H2,1-2H3,(H,31,32).